The van der Waals surface area contributed by atoms with Crippen LogP contribution in [0, 0.1) is 11.8 Å². The average molecular weight is 270 g/mol. The van der Waals surface area contributed by atoms with E-state index >= 15 is 0 Å². The van der Waals surface area contributed by atoms with E-state index in [1.807, 2.05) is 13.8 Å². The Labute approximate surface area is 110 Å². The summed E-state index contributed by atoms with van der Waals surface area (Å²) in [5.74, 6) is -0.699. The molecule has 0 aromatic carbocycles. The number of hydrogen-bond donors (Lipinski definition) is 2. The van der Waals surface area contributed by atoms with Crippen molar-refractivity contribution in [2.75, 3.05) is 6.54 Å². The monoisotopic (exact) mass is 270 g/mol. The zero-order valence-corrected chi connectivity index (χ0v) is 11.4. The Morgan fingerprint density at radius 1 is 1.50 bits per heavy atom. The molecule has 0 bridgehead atoms. The summed E-state index contributed by atoms with van der Waals surface area (Å²) in [5.41, 5.74) is 1.98. The Balaban J connectivity index is 2.45. The van der Waals surface area contributed by atoms with E-state index in [4.69, 9.17) is 5.11 Å². The lowest BCUT2D eigenvalue weighted by atomic mass is 9.94. The van der Waals surface area contributed by atoms with Crippen LogP contribution in [0.3, 0.4) is 0 Å². The molecule has 5 nitrogen and oxygen atoms in total. The number of nitrogens with one attached hydrogen (secondary N) is 1. The van der Waals surface area contributed by atoms with Gasteiger partial charge in [-0.05, 0) is 18.3 Å². The number of nitrogens with zero attached hydrogens (tertiary/aromatic N) is 1. The highest BCUT2D eigenvalue weighted by molar-refractivity contribution is 7.07. The van der Waals surface area contributed by atoms with Gasteiger partial charge in [-0.3, -0.25) is 9.59 Å². The van der Waals surface area contributed by atoms with E-state index in [1.165, 1.54) is 11.3 Å². The number of hydrogen-bond acceptors (Lipinski definition) is 4. The maximum atomic E-state index is 11.7. The number of thiazole rings is 1. The van der Waals surface area contributed by atoms with Gasteiger partial charge in [-0.1, -0.05) is 13.8 Å². The molecule has 0 saturated heterocycles. The van der Waals surface area contributed by atoms with E-state index in [0.29, 0.717) is 18.2 Å². The molecule has 0 aliphatic carbocycles. The molecule has 1 atom stereocenters. The van der Waals surface area contributed by atoms with Crippen molar-refractivity contribution in [1.29, 1.82) is 0 Å². The Morgan fingerprint density at radius 3 is 2.72 bits per heavy atom. The van der Waals surface area contributed by atoms with Gasteiger partial charge in [0.05, 0.1) is 5.51 Å². The van der Waals surface area contributed by atoms with Crippen LogP contribution in [0.25, 0.3) is 0 Å². The lowest BCUT2D eigenvalue weighted by Gasteiger charge is -2.17. The number of carboxylic acids is 1. The maximum absolute atomic E-state index is 11.7. The maximum Gasteiger partial charge on any atom is 0.303 e. The van der Waals surface area contributed by atoms with E-state index in [9.17, 15) is 9.59 Å². The molecule has 100 valence electrons. The SMILES string of the molecule is CC(C)C[C@H](CNC(=O)c1cscn1)CC(=O)O. The van der Waals surface area contributed by atoms with Gasteiger partial charge in [-0.2, -0.15) is 0 Å². The van der Waals surface area contributed by atoms with Crippen molar-refractivity contribution >= 4 is 23.2 Å². The zero-order valence-electron chi connectivity index (χ0n) is 10.5. The van der Waals surface area contributed by atoms with Gasteiger partial charge in [0.15, 0.2) is 0 Å². The van der Waals surface area contributed by atoms with Gasteiger partial charge in [0.1, 0.15) is 5.69 Å². The second kappa shape index (κ2) is 7.10. The van der Waals surface area contributed by atoms with E-state index in [2.05, 4.69) is 10.3 Å². The second-order valence-electron chi connectivity index (χ2n) is 4.68. The van der Waals surface area contributed by atoms with Crippen LogP contribution < -0.4 is 5.32 Å². The van der Waals surface area contributed by atoms with E-state index in [1.54, 1.807) is 10.9 Å². The molecule has 1 heterocycles. The molecule has 2 N–H and O–H groups in total. The number of amides is 1. The van der Waals surface area contributed by atoms with Crippen LogP contribution in [0.1, 0.15) is 37.2 Å². The van der Waals surface area contributed by atoms with Crippen molar-refractivity contribution in [1.82, 2.24) is 10.3 Å². The Bertz CT molecular complexity index is 390. The van der Waals surface area contributed by atoms with E-state index in [-0.39, 0.29) is 18.2 Å². The van der Waals surface area contributed by atoms with Crippen molar-refractivity contribution < 1.29 is 14.7 Å². The molecule has 1 amide bonds. The first-order valence-corrected chi connectivity index (χ1v) is 6.81. The van der Waals surface area contributed by atoms with Gasteiger partial charge in [0.25, 0.3) is 5.91 Å². The van der Waals surface area contributed by atoms with Gasteiger partial charge < -0.3 is 10.4 Å². The van der Waals surface area contributed by atoms with Crippen LogP contribution >= 0.6 is 11.3 Å². The first-order valence-electron chi connectivity index (χ1n) is 5.87. The molecule has 1 aromatic rings. The molecule has 0 radical (unpaired) electrons. The molecule has 18 heavy (non-hydrogen) atoms. The van der Waals surface area contributed by atoms with E-state index < -0.39 is 5.97 Å². The van der Waals surface area contributed by atoms with Crippen molar-refractivity contribution in [3.05, 3.63) is 16.6 Å². The normalized spacial score (nSPS) is 12.4. The Kier molecular flexibility index (Phi) is 5.77. The zero-order chi connectivity index (χ0) is 13.5. The second-order valence-corrected chi connectivity index (χ2v) is 5.40. The minimum atomic E-state index is -0.830. The molecule has 6 heteroatoms. The molecule has 1 rings (SSSR count). The summed E-state index contributed by atoms with van der Waals surface area (Å²) >= 11 is 1.36. The lowest BCUT2D eigenvalue weighted by molar-refractivity contribution is -0.138. The summed E-state index contributed by atoms with van der Waals surface area (Å²) < 4.78 is 0. The molecule has 1 aromatic heterocycles. The minimum Gasteiger partial charge on any atom is -0.481 e. The number of aromatic nitrogens is 1. The summed E-state index contributed by atoms with van der Waals surface area (Å²) in [6, 6.07) is 0. The van der Waals surface area contributed by atoms with Crippen LogP contribution in [0.2, 0.25) is 0 Å². The van der Waals surface area contributed by atoms with Crippen LogP contribution in [-0.4, -0.2) is 28.5 Å². The average Bonchev–Trinajstić information content (AvgIpc) is 2.77. The molecular formula is C12H18N2O3S. The van der Waals surface area contributed by atoms with Crippen molar-refractivity contribution in [3.63, 3.8) is 0 Å². The van der Waals surface area contributed by atoms with Gasteiger partial charge in [0.2, 0.25) is 0 Å². The summed E-state index contributed by atoms with van der Waals surface area (Å²) in [6.07, 6.45) is 0.860. The molecule has 0 unspecified atom stereocenters. The quantitative estimate of drug-likeness (QED) is 0.794. The number of carbonyl (C=O) groups is 2. The Hall–Kier alpha value is -1.43. The summed E-state index contributed by atoms with van der Waals surface area (Å²) in [5, 5.41) is 13.2. The lowest BCUT2D eigenvalue weighted by Crippen LogP contribution is -2.31. The van der Waals surface area contributed by atoms with Gasteiger partial charge >= 0.3 is 5.97 Å². The summed E-state index contributed by atoms with van der Waals surface area (Å²) in [4.78, 5) is 26.3. The smallest absolute Gasteiger partial charge is 0.303 e. The van der Waals surface area contributed by atoms with Gasteiger partial charge in [0, 0.05) is 18.3 Å². The highest BCUT2D eigenvalue weighted by Crippen LogP contribution is 2.15. The van der Waals surface area contributed by atoms with E-state index in [0.717, 1.165) is 6.42 Å². The fourth-order valence-electron chi connectivity index (χ4n) is 1.80. The summed E-state index contributed by atoms with van der Waals surface area (Å²) in [6.45, 7) is 4.45. The molecule has 0 fully saturated rings. The van der Waals surface area contributed by atoms with Gasteiger partial charge in [-0.25, -0.2) is 4.98 Å². The molecule has 0 aliphatic rings. The van der Waals surface area contributed by atoms with Crippen molar-refractivity contribution in [2.45, 2.75) is 26.7 Å². The first kappa shape index (κ1) is 14.6. The third-order valence-corrected chi connectivity index (χ3v) is 3.07. The Morgan fingerprint density at radius 2 is 2.22 bits per heavy atom. The molecule has 0 saturated carbocycles. The van der Waals surface area contributed by atoms with Crippen molar-refractivity contribution in [2.24, 2.45) is 11.8 Å². The third kappa shape index (κ3) is 5.27. The predicted octanol–water partition coefficient (Wildman–Crippen LogP) is 2.01. The fourth-order valence-corrected chi connectivity index (χ4v) is 2.34. The number of rotatable bonds is 7. The summed E-state index contributed by atoms with van der Waals surface area (Å²) in [7, 11) is 0. The molecule has 0 spiro atoms. The highest BCUT2D eigenvalue weighted by atomic mass is 32.1. The predicted molar refractivity (Wildman–Crippen MR) is 69.6 cm³/mol. The number of carbonyl (C=O) groups excluding carboxylic acids is 1. The van der Waals surface area contributed by atoms with Crippen molar-refractivity contribution in [3.8, 4) is 0 Å². The first-order chi connectivity index (χ1) is 8.49. The van der Waals surface area contributed by atoms with Crippen LogP contribution in [0.5, 0.6) is 0 Å². The van der Waals surface area contributed by atoms with Gasteiger partial charge in [-0.15, -0.1) is 11.3 Å². The van der Waals surface area contributed by atoms with Crippen LogP contribution in [0.15, 0.2) is 10.9 Å². The largest absolute Gasteiger partial charge is 0.481 e. The minimum absolute atomic E-state index is 0.0370. The standard InChI is InChI=1S/C12H18N2O3S/c1-8(2)3-9(4-11(15)16)5-13-12(17)10-6-18-7-14-10/h6-9H,3-5H2,1-2H3,(H,13,17)(H,15,16)/t9-/m0/s1. The molecule has 0 aliphatic heterocycles. The third-order valence-electron chi connectivity index (χ3n) is 2.48. The number of carboxylic acid groups (broad SMARTS) is 1. The topological polar surface area (TPSA) is 79.3 Å². The van der Waals surface area contributed by atoms with Crippen LogP contribution in [-0.2, 0) is 4.79 Å². The molecular weight excluding hydrogens is 252 g/mol. The fraction of sp³-hybridized carbons (Fsp3) is 0.583. The number of aliphatic carboxylic acids is 1. The highest BCUT2D eigenvalue weighted by Gasteiger charge is 2.17. The van der Waals surface area contributed by atoms with Crippen LogP contribution in [0.4, 0.5) is 0 Å².